The summed E-state index contributed by atoms with van der Waals surface area (Å²) in [5, 5.41) is 12.5. The molecule has 2 heterocycles. The van der Waals surface area contributed by atoms with Gasteiger partial charge in [0.1, 0.15) is 23.4 Å². The molecular weight excluding hydrogens is 428 g/mol. The molecule has 8 heteroatoms. The number of Topliss-reactive ketones (excluding diaryl/α,β-unsaturated/α-hetero) is 1. The molecule has 0 spiro atoms. The van der Waals surface area contributed by atoms with E-state index in [1.54, 1.807) is 30.5 Å². The molecule has 166 valence electrons. The molecular formula is C24H25ClN4O3. The lowest BCUT2D eigenvalue weighted by atomic mass is 9.92. The fourth-order valence-electron chi connectivity index (χ4n) is 4.14. The highest BCUT2D eigenvalue weighted by molar-refractivity contribution is 6.31. The highest BCUT2D eigenvalue weighted by Gasteiger charge is 2.24. The standard InChI is InChI=1S/C24H25ClN4O3/c25-22-13-21(5-1-16(22)14-26)32-20-6-3-18(4-7-20)28-24(31)17-2-8-23(27-15-17)29-11-9-19(30)10-12-29/h1-2,5,8,13,15,18,20H,3-4,6-7,9-12H2,(H,28,31)/t18-,20-. The van der Waals surface area contributed by atoms with Crippen LogP contribution in [0.2, 0.25) is 5.02 Å². The van der Waals surface area contributed by atoms with Crippen molar-refractivity contribution in [3.63, 3.8) is 0 Å². The lowest BCUT2D eigenvalue weighted by molar-refractivity contribution is -0.119. The van der Waals surface area contributed by atoms with Crippen LogP contribution in [0, 0.1) is 11.3 Å². The normalized spacial score (nSPS) is 21.0. The summed E-state index contributed by atoms with van der Waals surface area (Å²) in [4.78, 5) is 30.5. The van der Waals surface area contributed by atoms with Gasteiger partial charge in [0.05, 0.1) is 22.3 Å². The zero-order valence-corrected chi connectivity index (χ0v) is 18.5. The maximum absolute atomic E-state index is 12.6. The van der Waals surface area contributed by atoms with Gasteiger partial charge in [0.25, 0.3) is 5.91 Å². The molecule has 7 nitrogen and oxygen atoms in total. The monoisotopic (exact) mass is 452 g/mol. The fraction of sp³-hybridized carbons (Fsp3) is 0.417. The van der Waals surface area contributed by atoms with E-state index in [4.69, 9.17) is 21.6 Å². The van der Waals surface area contributed by atoms with E-state index in [-0.39, 0.29) is 23.8 Å². The Morgan fingerprint density at radius 2 is 1.91 bits per heavy atom. The second kappa shape index (κ2) is 10.0. The zero-order valence-electron chi connectivity index (χ0n) is 17.7. The number of pyridine rings is 1. The van der Waals surface area contributed by atoms with Gasteiger partial charge in [0.2, 0.25) is 0 Å². The van der Waals surface area contributed by atoms with Crippen molar-refractivity contribution in [2.75, 3.05) is 18.0 Å². The van der Waals surface area contributed by atoms with Crippen molar-refractivity contribution in [2.45, 2.75) is 50.7 Å². The summed E-state index contributed by atoms with van der Waals surface area (Å²) in [6.45, 7) is 1.36. The van der Waals surface area contributed by atoms with Crippen LogP contribution in [0.3, 0.4) is 0 Å². The van der Waals surface area contributed by atoms with Crippen LogP contribution in [0.4, 0.5) is 5.82 Å². The molecule has 1 saturated carbocycles. The van der Waals surface area contributed by atoms with Gasteiger partial charge in [-0.2, -0.15) is 5.26 Å². The molecule has 4 rings (SSSR count). The number of nitrogens with one attached hydrogen (secondary N) is 1. The van der Waals surface area contributed by atoms with Gasteiger partial charge in [0, 0.05) is 44.2 Å². The maximum Gasteiger partial charge on any atom is 0.253 e. The Bertz CT molecular complexity index is 1020. The molecule has 0 radical (unpaired) electrons. The van der Waals surface area contributed by atoms with Crippen LogP contribution in [0.25, 0.3) is 0 Å². The van der Waals surface area contributed by atoms with E-state index >= 15 is 0 Å². The van der Waals surface area contributed by atoms with Crippen molar-refractivity contribution < 1.29 is 14.3 Å². The number of rotatable bonds is 5. The molecule has 1 saturated heterocycles. The zero-order chi connectivity index (χ0) is 22.5. The molecule has 0 atom stereocenters. The SMILES string of the molecule is N#Cc1ccc(O[C@H]2CC[C@H](NC(=O)c3ccc(N4CCC(=O)CC4)nc3)CC2)cc1Cl. The van der Waals surface area contributed by atoms with Crippen molar-refractivity contribution in [2.24, 2.45) is 0 Å². The van der Waals surface area contributed by atoms with E-state index in [1.807, 2.05) is 12.1 Å². The number of nitriles is 1. The van der Waals surface area contributed by atoms with Gasteiger partial charge < -0.3 is 15.0 Å². The third-order valence-electron chi connectivity index (χ3n) is 6.03. The molecule has 1 aromatic carbocycles. The van der Waals surface area contributed by atoms with Gasteiger partial charge in [-0.3, -0.25) is 9.59 Å². The highest BCUT2D eigenvalue weighted by Crippen LogP contribution is 2.27. The lowest BCUT2D eigenvalue weighted by Crippen LogP contribution is -2.39. The van der Waals surface area contributed by atoms with Crippen LogP contribution >= 0.6 is 11.6 Å². The van der Waals surface area contributed by atoms with E-state index in [0.29, 0.717) is 47.8 Å². The van der Waals surface area contributed by atoms with Gasteiger partial charge in [-0.05, 0) is 49.9 Å². The first-order valence-electron chi connectivity index (χ1n) is 10.9. The number of aromatic nitrogens is 1. The first-order valence-corrected chi connectivity index (χ1v) is 11.3. The average Bonchev–Trinajstić information content (AvgIpc) is 2.81. The topological polar surface area (TPSA) is 95.3 Å². The van der Waals surface area contributed by atoms with Crippen LogP contribution in [0.5, 0.6) is 5.75 Å². The lowest BCUT2D eigenvalue weighted by Gasteiger charge is -2.29. The van der Waals surface area contributed by atoms with Crippen molar-refractivity contribution in [3.8, 4) is 11.8 Å². The van der Waals surface area contributed by atoms with E-state index in [1.165, 1.54) is 0 Å². The minimum absolute atomic E-state index is 0.0597. The number of benzene rings is 1. The number of halogens is 1. The Kier molecular flexibility index (Phi) is 6.91. The van der Waals surface area contributed by atoms with Crippen molar-refractivity contribution in [1.82, 2.24) is 10.3 Å². The molecule has 32 heavy (non-hydrogen) atoms. The minimum atomic E-state index is -0.124. The van der Waals surface area contributed by atoms with E-state index in [0.717, 1.165) is 31.5 Å². The first kappa shape index (κ1) is 22.1. The number of hydrogen-bond donors (Lipinski definition) is 1. The van der Waals surface area contributed by atoms with E-state index in [9.17, 15) is 9.59 Å². The van der Waals surface area contributed by atoms with Gasteiger partial charge in [0.15, 0.2) is 0 Å². The fourth-order valence-corrected chi connectivity index (χ4v) is 4.35. The average molecular weight is 453 g/mol. The van der Waals surface area contributed by atoms with Crippen LogP contribution < -0.4 is 15.0 Å². The summed E-state index contributed by atoms with van der Waals surface area (Å²) in [5.74, 6) is 1.62. The summed E-state index contributed by atoms with van der Waals surface area (Å²) in [6.07, 6.45) is 6.07. The second-order valence-corrected chi connectivity index (χ2v) is 8.66. The minimum Gasteiger partial charge on any atom is -0.490 e. The molecule has 2 aromatic rings. The predicted octanol–water partition coefficient (Wildman–Crippen LogP) is 3.90. The molecule has 1 aliphatic heterocycles. The number of piperidine rings is 1. The van der Waals surface area contributed by atoms with Crippen LogP contribution in [0.15, 0.2) is 36.5 Å². The van der Waals surface area contributed by atoms with Crippen LogP contribution in [-0.4, -0.2) is 41.9 Å². The molecule has 0 bridgehead atoms. The highest BCUT2D eigenvalue weighted by atomic mass is 35.5. The molecule has 0 unspecified atom stereocenters. The third kappa shape index (κ3) is 5.38. The quantitative estimate of drug-likeness (QED) is 0.739. The Morgan fingerprint density at radius 3 is 2.53 bits per heavy atom. The van der Waals surface area contributed by atoms with Crippen LogP contribution in [-0.2, 0) is 4.79 Å². The van der Waals surface area contributed by atoms with Crippen molar-refractivity contribution in [1.29, 1.82) is 5.26 Å². The summed E-state index contributed by atoms with van der Waals surface area (Å²) < 4.78 is 6.01. The van der Waals surface area contributed by atoms with Gasteiger partial charge in [-0.1, -0.05) is 11.6 Å². The van der Waals surface area contributed by atoms with E-state index < -0.39 is 0 Å². The van der Waals surface area contributed by atoms with Gasteiger partial charge in [-0.15, -0.1) is 0 Å². The Hall–Kier alpha value is -3.11. The molecule has 1 amide bonds. The first-order chi connectivity index (χ1) is 15.5. The van der Waals surface area contributed by atoms with E-state index in [2.05, 4.69) is 15.2 Å². The summed E-state index contributed by atoms with van der Waals surface area (Å²) in [7, 11) is 0. The Labute approximate surface area is 192 Å². The smallest absolute Gasteiger partial charge is 0.253 e. The van der Waals surface area contributed by atoms with Crippen LogP contribution in [0.1, 0.15) is 54.4 Å². The maximum atomic E-state index is 12.6. The Morgan fingerprint density at radius 1 is 1.16 bits per heavy atom. The Balaban J connectivity index is 1.25. The number of ketones is 1. The van der Waals surface area contributed by atoms with Gasteiger partial charge >= 0.3 is 0 Å². The molecule has 1 N–H and O–H groups in total. The summed E-state index contributed by atoms with van der Waals surface area (Å²) in [5.41, 5.74) is 0.964. The van der Waals surface area contributed by atoms with Crippen molar-refractivity contribution >= 4 is 29.1 Å². The number of nitrogens with zero attached hydrogens (tertiary/aromatic N) is 3. The third-order valence-corrected chi connectivity index (χ3v) is 6.34. The second-order valence-electron chi connectivity index (χ2n) is 8.25. The number of amides is 1. The number of carbonyl (C=O) groups is 2. The predicted molar refractivity (Wildman–Crippen MR) is 121 cm³/mol. The molecule has 1 aromatic heterocycles. The largest absolute Gasteiger partial charge is 0.490 e. The molecule has 1 aliphatic carbocycles. The summed E-state index contributed by atoms with van der Waals surface area (Å²) in [6, 6.07) is 10.9. The number of anilines is 1. The van der Waals surface area contributed by atoms with Gasteiger partial charge in [-0.25, -0.2) is 4.98 Å². The van der Waals surface area contributed by atoms with Crippen molar-refractivity contribution in [3.05, 3.63) is 52.7 Å². The molecule has 2 aliphatic rings. The number of carbonyl (C=O) groups excluding carboxylic acids is 2. The number of hydrogen-bond acceptors (Lipinski definition) is 6. The number of ether oxygens (including phenoxy) is 1. The summed E-state index contributed by atoms with van der Waals surface area (Å²) >= 11 is 6.07. The molecule has 2 fully saturated rings.